The van der Waals surface area contributed by atoms with Gasteiger partial charge in [-0.15, -0.1) is 5.10 Å². The third-order valence-corrected chi connectivity index (χ3v) is 3.02. The normalized spacial score (nSPS) is 27.0. The molecule has 1 fully saturated rings. The third-order valence-electron chi connectivity index (χ3n) is 3.02. The largest absolute Gasteiger partial charge is 0.324 e. The molecule has 1 aromatic heterocycles. The summed E-state index contributed by atoms with van der Waals surface area (Å²) >= 11 is 0. The lowest BCUT2D eigenvalue weighted by Crippen LogP contribution is -2.14. The zero-order valence-corrected chi connectivity index (χ0v) is 8.56. The van der Waals surface area contributed by atoms with Crippen molar-refractivity contribution in [3.8, 4) is 0 Å². The van der Waals surface area contributed by atoms with Crippen LogP contribution in [0.5, 0.6) is 0 Å². The van der Waals surface area contributed by atoms with Gasteiger partial charge in [-0.3, -0.25) is 0 Å². The van der Waals surface area contributed by atoms with E-state index in [1.807, 2.05) is 4.68 Å². The number of tetrazole rings is 1. The lowest BCUT2D eigenvalue weighted by atomic mass is 10.1. The van der Waals surface area contributed by atoms with E-state index in [9.17, 15) is 0 Å². The van der Waals surface area contributed by atoms with Crippen molar-refractivity contribution in [1.82, 2.24) is 20.2 Å². The van der Waals surface area contributed by atoms with Gasteiger partial charge in [0.1, 0.15) is 0 Å². The van der Waals surface area contributed by atoms with E-state index in [-0.39, 0.29) is 0 Å². The monoisotopic (exact) mass is 195 g/mol. The Labute approximate surface area is 83.7 Å². The standard InChI is InChI=1S/C9H17N5/c1-7-2-3-8(4-7)6-14-9(5-10)11-12-13-14/h7-8H,2-6,10H2,1H3. The van der Waals surface area contributed by atoms with Gasteiger partial charge in [-0.25, -0.2) is 4.68 Å². The molecule has 78 valence electrons. The topological polar surface area (TPSA) is 69.6 Å². The molecule has 2 atom stereocenters. The molecule has 5 heteroatoms. The van der Waals surface area contributed by atoms with E-state index in [2.05, 4.69) is 22.4 Å². The molecule has 0 radical (unpaired) electrons. The molecule has 0 saturated heterocycles. The van der Waals surface area contributed by atoms with Crippen LogP contribution < -0.4 is 5.73 Å². The van der Waals surface area contributed by atoms with Gasteiger partial charge in [0.15, 0.2) is 5.82 Å². The Morgan fingerprint density at radius 2 is 2.36 bits per heavy atom. The summed E-state index contributed by atoms with van der Waals surface area (Å²) in [6.45, 7) is 3.67. The Hall–Kier alpha value is -0.970. The summed E-state index contributed by atoms with van der Waals surface area (Å²) in [5, 5.41) is 11.5. The highest BCUT2D eigenvalue weighted by Gasteiger charge is 2.22. The number of hydrogen-bond acceptors (Lipinski definition) is 4. The van der Waals surface area contributed by atoms with Crippen molar-refractivity contribution in [2.24, 2.45) is 17.6 Å². The van der Waals surface area contributed by atoms with Crippen molar-refractivity contribution in [3.05, 3.63) is 5.82 Å². The van der Waals surface area contributed by atoms with Crippen LogP contribution in [0.3, 0.4) is 0 Å². The van der Waals surface area contributed by atoms with Crippen LogP contribution in [0.15, 0.2) is 0 Å². The van der Waals surface area contributed by atoms with Crippen molar-refractivity contribution < 1.29 is 0 Å². The summed E-state index contributed by atoms with van der Waals surface area (Å²) < 4.78 is 1.85. The Morgan fingerprint density at radius 1 is 1.50 bits per heavy atom. The molecule has 0 bridgehead atoms. The van der Waals surface area contributed by atoms with Crippen LogP contribution in [0.25, 0.3) is 0 Å². The Kier molecular flexibility index (Phi) is 2.77. The summed E-state index contributed by atoms with van der Waals surface area (Å²) in [5.74, 6) is 2.39. The van der Waals surface area contributed by atoms with Crippen molar-refractivity contribution >= 4 is 0 Å². The molecule has 1 aliphatic rings. The van der Waals surface area contributed by atoms with Gasteiger partial charge in [0, 0.05) is 6.54 Å². The minimum atomic E-state index is 0.426. The van der Waals surface area contributed by atoms with Crippen LogP contribution in [0, 0.1) is 11.8 Å². The van der Waals surface area contributed by atoms with Gasteiger partial charge in [0.2, 0.25) is 0 Å². The number of nitrogens with zero attached hydrogens (tertiary/aromatic N) is 4. The predicted molar refractivity (Wildman–Crippen MR) is 52.2 cm³/mol. The molecule has 0 aliphatic heterocycles. The fourth-order valence-electron chi connectivity index (χ4n) is 2.25. The fraction of sp³-hybridized carbons (Fsp3) is 0.889. The third kappa shape index (κ3) is 1.92. The molecule has 1 heterocycles. The number of aromatic nitrogens is 4. The maximum Gasteiger partial charge on any atom is 0.164 e. The Bertz CT molecular complexity index is 295. The second kappa shape index (κ2) is 4.04. The first-order chi connectivity index (χ1) is 6.79. The molecule has 2 N–H and O–H groups in total. The second-order valence-electron chi connectivity index (χ2n) is 4.27. The van der Waals surface area contributed by atoms with Crippen molar-refractivity contribution in [3.63, 3.8) is 0 Å². The SMILES string of the molecule is CC1CCC(Cn2nnnc2CN)C1. The van der Waals surface area contributed by atoms with E-state index in [1.54, 1.807) is 0 Å². The van der Waals surface area contributed by atoms with Gasteiger partial charge in [0.05, 0.1) is 6.54 Å². The van der Waals surface area contributed by atoms with E-state index in [4.69, 9.17) is 5.73 Å². The van der Waals surface area contributed by atoms with E-state index in [0.717, 1.165) is 24.2 Å². The minimum Gasteiger partial charge on any atom is -0.324 e. The number of hydrogen-bond donors (Lipinski definition) is 1. The molecule has 2 rings (SSSR count). The lowest BCUT2D eigenvalue weighted by molar-refractivity contribution is 0.401. The van der Waals surface area contributed by atoms with E-state index >= 15 is 0 Å². The van der Waals surface area contributed by atoms with Gasteiger partial charge in [-0.1, -0.05) is 13.3 Å². The highest BCUT2D eigenvalue weighted by molar-refractivity contribution is 4.81. The predicted octanol–water partition coefficient (Wildman–Crippen LogP) is 0.568. The molecule has 1 aromatic rings. The fourth-order valence-corrected chi connectivity index (χ4v) is 2.25. The first-order valence-corrected chi connectivity index (χ1v) is 5.24. The maximum atomic E-state index is 5.53. The van der Waals surface area contributed by atoms with Gasteiger partial charge in [-0.2, -0.15) is 0 Å². The van der Waals surface area contributed by atoms with Gasteiger partial charge in [-0.05, 0) is 35.1 Å². The smallest absolute Gasteiger partial charge is 0.164 e. The zero-order valence-electron chi connectivity index (χ0n) is 8.56. The van der Waals surface area contributed by atoms with Crippen LogP contribution >= 0.6 is 0 Å². The van der Waals surface area contributed by atoms with Crippen LogP contribution in [0.1, 0.15) is 32.0 Å². The molecule has 0 aromatic carbocycles. The molecule has 14 heavy (non-hydrogen) atoms. The van der Waals surface area contributed by atoms with Crippen molar-refractivity contribution in [2.45, 2.75) is 39.3 Å². The lowest BCUT2D eigenvalue weighted by Gasteiger charge is -2.09. The molecule has 0 spiro atoms. The summed E-state index contributed by atoms with van der Waals surface area (Å²) in [6.07, 6.45) is 3.93. The zero-order chi connectivity index (χ0) is 9.97. The Morgan fingerprint density at radius 3 is 3.00 bits per heavy atom. The highest BCUT2D eigenvalue weighted by atomic mass is 15.5. The summed E-state index contributed by atoms with van der Waals surface area (Å²) in [7, 11) is 0. The van der Waals surface area contributed by atoms with Crippen LogP contribution in [-0.2, 0) is 13.1 Å². The molecular formula is C9H17N5. The van der Waals surface area contributed by atoms with Crippen LogP contribution in [-0.4, -0.2) is 20.2 Å². The van der Waals surface area contributed by atoms with Crippen molar-refractivity contribution in [1.29, 1.82) is 0 Å². The Balaban J connectivity index is 1.97. The quantitative estimate of drug-likeness (QED) is 0.765. The molecule has 5 nitrogen and oxygen atoms in total. The molecular weight excluding hydrogens is 178 g/mol. The summed E-state index contributed by atoms with van der Waals surface area (Å²) in [5.41, 5.74) is 5.53. The van der Waals surface area contributed by atoms with E-state index in [1.165, 1.54) is 19.3 Å². The number of rotatable bonds is 3. The molecule has 1 saturated carbocycles. The van der Waals surface area contributed by atoms with E-state index < -0.39 is 0 Å². The summed E-state index contributed by atoms with van der Waals surface area (Å²) in [4.78, 5) is 0. The van der Waals surface area contributed by atoms with Crippen LogP contribution in [0.2, 0.25) is 0 Å². The molecule has 1 aliphatic carbocycles. The molecule has 2 unspecified atom stereocenters. The average Bonchev–Trinajstić information content (AvgIpc) is 2.76. The molecule has 0 amide bonds. The second-order valence-corrected chi connectivity index (χ2v) is 4.27. The van der Waals surface area contributed by atoms with Gasteiger partial charge < -0.3 is 5.73 Å². The number of nitrogens with two attached hydrogens (primary N) is 1. The van der Waals surface area contributed by atoms with Gasteiger partial charge in [0.25, 0.3) is 0 Å². The van der Waals surface area contributed by atoms with E-state index in [0.29, 0.717) is 6.54 Å². The first kappa shape index (κ1) is 9.58. The maximum absolute atomic E-state index is 5.53. The minimum absolute atomic E-state index is 0.426. The summed E-state index contributed by atoms with van der Waals surface area (Å²) in [6, 6.07) is 0. The van der Waals surface area contributed by atoms with Gasteiger partial charge >= 0.3 is 0 Å². The highest BCUT2D eigenvalue weighted by Crippen LogP contribution is 2.31. The van der Waals surface area contributed by atoms with Crippen molar-refractivity contribution in [2.75, 3.05) is 0 Å². The average molecular weight is 195 g/mol. The first-order valence-electron chi connectivity index (χ1n) is 5.24. The van der Waals surface area contributed by atoms with Crippen LogP contribution in [0.4, 0.5) is 0 Å².